The molecule has 2 fully saturated rings. The lowest BCUT2D eigenvalue weighted by atomic mass is 9.81. The zero-order chi connectivity index (χ0) is 11.1. The summed E-state index contributed by atoms with van der Waals surface area (Å²) >= 11 is 0. The van der Waals surface area contributed by atoms with Gasteiger partial charge < -0.3 is 0 Å². The molecule has 0 aromatic heterocycles. The first-order valence-electron chi connectivity index (χ1n) is 6.24. The molecule has 0 spiro atoms. The van der Waals surface area contributed by atoms with Crippen LogP contribution in [0, 0.1) is 11.8 Å². The van der Waals surface area contributed by atoms with Crippen molar-refractivity contribution in [3.05, 3.63) is 0 Å². The van der Waals surface area contributed by atoms with Gasteiger partial charge in [-0.05, 0) is 50.4 Å². The van der Waals surface area contributed by atoms with E-state index in [9.17, 15) is 8.42 Å². The summed E-state index contributed by atoms with van der Waals surface area (Å²) < 4.78 is 24.0. The van der Waals surface area contributed by atoms with Crippen molar-refractivity contribution in [3.8, 4) is 0 Å². The van der Waals surface area contributed by atoms with Gasteiger partial charge in [0, 0.05) is 0 Å². The van der Waals surface area contributed by atoms with Gasteiger partial charge in [0.05, 0.1) is 10.5 Å². The predicted octanol–water partition coefficient (Wildman–Crippen LogP) is 2.78. The summed E-state index contributed by atoms with van der Waals surface area (Å²) in [7, 11) is -2.74. The van der Waals surface area contributed by atoms with E-state index in [-0.39, 0.29) is 10.5 Å². The second kappa shape index (κ2) is 4.08. The molecule has 2 aliphatic rings. The molecular weight excluding hydrogens is 208 g/mol. The Bertz CT molecular complexity index is 307. The minimum Gasteiger partial charge on any atom is -0.228 e. The van der Waals surface area contributed by atoms with E-state index in [1.807, 2.05) is 0 Å². The van der Waals surface area contributed by atoms with Gasteiger partial charge in [-0.25, -0.2) is 8.42 Å². The summed E-state index contributed by atoms with van der Waals surface area (Å²) in [5, 5.41) is 0.0399. The monoisotopic (exact) mass is 230 g/mol. The molecule has 3 heteroatoms. The van der Waals surface area contributed by atoms with Crippen LogP contribution in [-0.4, -0.2) is 18.9 Å². The van der Waals surface area contributed by atoms with Gasteiger partial charge in [0.1, 0.15) is 0 Å². The van der Waals surface area contributed by atoms with Crippen LogP contribution in [0.1, 0.15) is 52.4 Å². The molecule has 88 valence electrons. The fourth-order valence-corrected chi connectivity index (χ4v) is 5.02. The smallest absolute Gasteiger partial charge is 0.156 e. The molecule has 2 rings (SSSR count). The topological polar surface area (TPSA) is 34.1 Å². The largest absolute Gasteiger partial charge is 0.228 e. The molecular formula is C12H22O2S. The van der Waals surface area contributed by atoms with Crippen molar-refractivity contribution in [2.45, 2.75) is 62.9 Å². The Kier molecular flexibility index (Phi) is 3.11. The highest BCUT2D eigenvalue weighted by atomic mass is 32.2. The molecule has 0 heterocycles. The molecule has 0 radical (unpaired) electrons. The second-order valence-corrected chi connectivity index (χ2v) is 8.08. The van der Waals surface area contributed by atoms with Crippen molar-refractivity contribution < 1.29 is 8.42 Å². The van der Waals surface area contributed by atoms with Gasteiger partial charge in [-0.15, -0.1) is 0 Å². The van der Waals surface area contributed by atoms with Crippen LogP contribution in [0.3, 0.4) is 0 Å². The first kappa shape index (κ1) is 11.4. The lowest BCUT2D eigenvalue weighted by Crippen LogP contribution is -2.30. The minimum absolute atomic E-state index is 0.000000000000000444. The van der Waals surface area contributed by atoms with Gasteiger partial charge >= 0.3 is 0 Å². The highest BCUT2D eigenvalue weighted by Gasteiger charge is 2.42. The third-order valence-corrected chi connectivity index (χ3v) is 6.92. The average Bonchev–Trinajstić information content (AvgIpc) is 3.01. The van der Waals surface area contributed by atoms with Crippen LogP contribution in [-0.2, 0) is 9.84 Å². The Morgan fingerprint density at radius 3 is 1.60 bits per heavy atom. The van der Waals surface area contributed by atoms with E-state index in [4.69, 9.17) is 0 Å². The maximum absolute atomic E-state index is 12.0. The van der Waals surface area contributed by atoms with Gasteiger partial charge in [0.2, 0.25) is 0 Å². The van der Waals surface area contributed by atoms with Gasteiger partial charge in [0.25, 0.3) is 0 Å². The fourth-order valence-electron chi connectivity index (χ4n) is 2.75. The molecule has 0 N–H and O–H groups in total. The minimum atomic E-state index is -2.74. The fraction of sp³-hybridized carbons (Fsp3) is 1.00. The number of hydrogen-bond donors (Lipinski definition) is 0. The Morgan fingerprint density at radius 2 is 1.27 bits per heavy atom. The van der Waals surface area contributed by atoms with Crippen LogP contribution in [0.4, 0.5) is 0 Å². The van der Waals surface area contributed by atoms with E-state index < -0.39 is 9.84 Å². The van der Waals surface area contributed by atoms with Gasteiger partial charge in [0.15, 0.2) is 9.84 Å². The van der Waals surface area contributed by atoms with E-state index in [1.165, 1.54) is 0 Å². The third kappa shape index (κ3) is 2.38. The van der Waals surface area contributed by atoms with Crippen molar-refractivity contribution in [3.63, 3.8) is 0 Å². The van der Waals surface area contributed by atoms with E-state index in [2.05, 4.69) is 13.8 Å². The zero-order valence-corrected chi connectivity index (χ0v) is 10.6. The van der Waals surface area contributed by atoms with Crippen molar-refractivity contribution >= 4 is 9.84 Å². The van der Waals surface area contributed by atoms with Crippen LogP contribution in [0.2, 0.25) is 0 Å². The molecule has 0 aromatic rings. The lowest BCUT2D eigenvalue weighted by Gasteiger charge is -2.30. The predicted molar refractivity (Wildman–Crippen MR) is 62.5 cm³/mol. The first-order valence-corrected chi connectivity index (χ1v) is 7.85. The normalized spacial score (nSPS) is 33.3. The van der Waals surface area contributed by atoms with Crippen LogP contribution < -0.4 is 0 Å². The molecule has 0 bridgehead atoms. The maximum atomic E-state index is 12.0. The molecule has 0 aromatic carbocycles. The molecule has 2 nitrogen and oxygen atoms in total. The summed E-state index contributed by atoms with van der Waals surface area (Å²) in [6, 6.07) is 0. The number of rotatable bonds is 3. The zero-order valence-electron chi connectivity index (χ0n) is 9.78. The van der Waals surface area contributed by atoms with E-state index in [0.29, 0.717) is 0 Å². The van der Waals surface area contributed by atoms with E-state index >= 15 is 0 Å². The van der Waals surface area contributed by atoms with Crippen molar-refractivity contribution in [2.24, 2.45) is 11.8 Å². The SMILES string of the molecule is CC(C)C1CCC(S(=O)(=O)C2CC2)CC1. The van der Waals surface area contributed by atoms with Crippen molar-refractivity contribution in [2.75, 3.05) is 0 Å². The van der Waals surface area contributed by atoms with Crippen molar-refractivity contribution in [1.29, 1.82) is 0 Å². The number of sulfone groups is 1. The highest BCUT2D eigenvalue weighted by molar-refractivity contribution is 7.92. The maximum Gasteiger partial charge on any atom is 0.156 e. The van der Waals surface area contributed by atoms with E-state index in [1.54, 1.807) is 0 Å². The second-order valence-electron chi connectivity index (χ2n) is 5.57. The standard InChI is InChI=1S/C12H22O2S/c1-9(2)10-3-5-11(6-4-10)15(13,14)12-7-8-12/h9-12H,3-8H2,1-2H3. The summed E-state index contributed by atoms with van der Waals surface area (Å²) in [6.07, 6.45) is 5.92. The molecule has 15 heavy (non-hydrogen) atoms. The van der Waals surface area contributed by atoms with Crippen molar-refractivity contribution in [1.82, 2.24) is 0 Å². The highest BCUT2D eigenvalue weighted by Crippen LogP contribution is 2.39. The summed E-state index contributed by atoms with van der Waals surface area (Å²) in [5.41, 5.74) is 0. The molecule has 2 aliphatic carbocycles. The molecule has 0 atom stereocenters. The van der Waals surface area contributed by atoms with Crippen LogP contribution in [0.5, 0.6) is 0 Å². The first-order chi connectivity index (χ1) is 7.01. The van der Waals surface area contributed by atoms with Gasteiger partial charge in [-0.1, -0.05) is 13.8 Å². The molecule has 2 saturated carbocycles. The Balaban J connectivity index is 1.93. The van der Waals surface area contributed by atoms with E-state index in [0.717, 1.165) is 50.4 Å². The molecule has 0 amide bonds. The average molecular weight is 230 g/mol. The molecule has 0 unspecified atom stereocenters. The number of hydrogen-bond acceptors (Lipinski definition) is 2. The van der Waals surface area contributed by atoms with Crippen LogP contribution >= 0.6 is 0 Å². The third-order valence-electron chi connectivity index (χ3n) is 4.12. The van der Waals surface area contributed by atoms with Crippen LogP contribution in [0.25, 0.3) is 0 Å². The van der Waals surface area contributed by atoms with Gasteiger partial charge in [-0.3, -0.25) is 0 Å². The van der Waals surface area contributed by atoms with Gasteiger partial charge in [-0.2, -0.15) is 0 Å². The Hall–Kier alpha value is -0.0500. The molecule has 0 aliphatic heterocycles. The summed E-state index contributed by atoms with van der Waals surface area (Å²) in [6.45, 7) is 4.50. The van der Waals surface area contributed by atoms with Crippen LogP contribution in [0.15, 0.2) is 0 Å². The summed E-state index contributed by atoms with van der Waals surface area (Å²) in [5.74, 6) is 1.48. The Labute approximate surface area is 93.4 Å². The summed E-state index contributed by atoms with van der Waals surface area (Å²) in [4.78, 5) is 0. The molecule has 0 saturated heterocycles. The Morgan fingerprint density at radius 1 is 0.867 bits per heavy atom. The quantitative estimate of drug-likeness (QED) is 0.747. The lowest BCUT2D eigenvalue weighted by molar-refractivity contribution is 0.279.